The van der Waals surface area contributed by atoms with Gasteiger partial charge in [-0.3, -0.25) is 4.79 Å². The van der Waals surface area contributed by atoms with E-state index in [-0.39, 0.29) is 29.8 Å². The van der Waals surface area contributed by atoms with Crippen molar-refractivity contribution in [1.29, 1.82) is 0 Å². The number of aliphatic hydroxyl groups is 1. The number of carbonyl (C=O) groups is 3. The highest BCUT2D eigenvalue weighted by Crippen LogP contribution is 2.19. The third-order valence-corrected chi connectivity index (χ3v) is 4.13. The van der Waals surface area contributed by atoms with Crippen molar-refractivity contribution in [3.8, 4) is 0 Å². The summed E-state index contributed by atoms with van der Waals surface area (Å²) in [5.74, 6) is -1.54. The van der Waals surface area contributed by atoms with E-state index in [0.29, 0.717) is 0 Å². The SMILES string of the molecule is COC(=O)c1coc(C(CO)NC(=O)c2coc(C(COC(C)(C)C)NC(=O)OC(C)(C)C)n2)n1. The molecule has 3 N–H and O–H groups in total. The average Bonchev–Trinajstić information content (AvgIpc) is 3.42. The van der Waals surface area contributed by atoms with Crippen molar-refractivity contribution in [1.82, 2.24) is 20.6 Å². The molecule has 13 nitrogen and oxygen atoms in total. The number of aliphatic hydroxyl groups excluding tert-OH is 1. The van der Waals surface area contributed by atoms with Crippen molar-refractivity contribution in [3.63, 3.8) is 0 Å². The summed E-state index contributed by atoms with van der Waals surface area (Å²) in [5, 5.41) is 14.8. The summed E-state index contributed by atoms with van der Waals surface area (Å²) in [6.07, 6.45) is 1.43. The number of carbonyl (C=O) groups excluding carboxylic acids is 3. The molecule has 2 atom stereocenters. The quantitative estimate of drug-likeness (QED) is 0.434. The van der Waals surface area contributed by atoms with Gasteiger partial charge in [0.25, 0.3) is 5.91 Å². The molecule has 13 heteroatoms. The van der Waals surface area contributed by atoms with Gasteiger partial charge in [-0.2, -0.15) is 0 Å². The summed E-state index contributed by atoms with van der Waals surface area (Å²) in [7, 11) is 1.18. The number of esters is 1. The summed E-state index contributed by atoms with van der Waals surface area (Å²) < 4.78 is 26.2. The molecule has 0 radical (unpaired) electrons. The number of nitrogens with zero attached hydrogens (tertiary/aromatic N) is 2. The predicted octanol–water partition coefficient (Wildman–Crippen LogP) is 2.29. The van der Waals surface area contributed by atoms with E-state index in [9.17, 15) is 19.5 Å². The zero-order chi connectivity index (χ0) is 26.4. The lowest BCUT2D eigenvalue weighted by Crippen LogP contribution is -2.38. The first-order chi connectivity index (χ1) is 16.2. The second kappa shape index (κ2) is 11.3. The van der Waals surface area contributed by atoms with Crippen LogP contribution in [0.2, 0.25) is 0 Å². The second-order valence-electron chi connectivity index (χ2n) is 9.46. The van der Waals surface area contributed by atoms with Crippen LogP contribution in [0.5, 0.6) is 0 Å². The van der Waals surface area contributed by atoms with E-state index < -0.39 is 47.9 Å². The molecule has 0 aromatic carbocycles. The zero-order valence-electron chi connectivity index (χ0n) is 20.8. The van der Waals surface area contributed by atoms with E-state index in [1.54, 1.807) is 20.8 Å². The third kappa shape index (κ3) is 8.68. The summed E-state index contributed by atoms with van der Waals surface area (Å²) in [6.45, 7) is 10.1. The largest absolute Gasteiger partial charge is 0.464 e. The molecule has 2 unspecified atom stereocenters. The summed E-state index contributed by atoms with van der Waals surface area (Å²) in [5.41, 5.74) is -1.50. The lowest BCUT2D eigenvalue weighted by atomic mass is 10.2. The van der Waals surface area contributed by atoms with Crippen molar-refractivity contribution in [3.05, 3.63) is 35.7 Å². The van der Waals surface area contributed by atoms with Crippen LogP contribution < -0.4 is 10.6 Å². The average molecular weight is 497 g/mol. The van der Waals surface area contributed by atoms with Crippen LogP contribution in [0.3, 0.4) is 0 Å². The fourth-order valence-electron chi connectivity index (χ4n) is 2.57. The zero-order valence-corrected chi connectivity index (χ0v) is 20.8. The molecule has 2 rings (SSSR count). The Balaban J connectivity index is 2.16. The van der Waals surface area contributed by atoms with E-state index in [1.807, 2.05) is 20.8 Å². The maximum absolute atomic E-state index is 12.7. The first kappa shape index (κ1) is 27.8. The van der Waals surface area contributed by atoms with Gasteiger partial charge in [-0.25, -0.2) is 19.6 Å². The van der Waals surface area contributed by atoms with Gasteiger partial charge in [0.05, 0.1) is 25.9 Å². The van der Waals surface area contributed by atoms with Gasteiger partial charge in [0.2, 0.25) is 11.8 Å². The standard InChI is InChI=1S/C22H32N4O9/c1-21(2,3)34-11-14(26-20(30)35-22(4,5)6)18-24-13(9-32-18)16(28)23-12(8-27)17-25-15(10-33-17)19(29)31-7/h9-10,12,14,27H,8,11H2,1-7H3,(H,23,28)(H,26,30). The smallest absolute Gasteiger partial charge is 0.408 e. The van der Waals surface area contributed by atoms with Crippen LogP contribution in [0, 0.1) is 0 Å². The van der Waals surface area contributed by atoms with Gasteiger partial charge in [0.1, 0.15) is 30.2 Å². The molecule has 0 aliphatic carbocycles. The number of hydrogen-bond acceptors (Lipinski definition) is 11. The lowest BCUT2D eigenvalue weighted by molar-refractivity contribution is -0.0207. The number of nitrogens with one attached hydrogen (secondary N) is 2. The van der Waals surface area contributed by atoms with Crippen molar-refractivity contribution in [2.45, 2.75) is 64.8 Å². The molecular formula is C22H32N4O9. The Morgan fingerprint density at radius 2 is 1.51 bits per heavy atom. The Labute approximate surface area is 202 Å². The van der Waals surface area contributed by atoms with Crippen molar-refractivity contribution < 1.29 is 42.5 Å². The number of ether oxygens (including phenoxy) is 3. The van der Waals surface area contributed by atoms with Crippen LogP contribution in [0.15, 0.2) is 21.4 Å². The summed E-state index contributed by atoms with van der Waals surface area (Å²) >= 11 is 0. The second-order valence-corrected chi connectivity index (χ2v) is 9.46. The van der Waals surface area contributed by atoms with Gasteiger partial charge in [0.15, 0.2) is 11.4 Å². The van der Waals surface area contributed by atoms with Crippen LogP contribution >= 0.6 is 0 Å². The molecule has 0 aliphatic rings. The fraction of sp³-hybridized carbons (Fsp3) is 0.591. The minimum Gasteiger partial charge on any atom is -0.464 e. The minimum atomic E-state index is -1.07. The molecule has 2 aromatic rings. The molecule has 0 bridgehead atoms. The molecular weight excluding hydrogens is 464 g/mol. The number of aromatic nitrogens is 2. The number of methoxy groups -OCH3 is 1. The number of hydrogen-bond donors (Lipinski definition) is 3. The number of oxazole rings is 2. The highest BCUT2D eigenvalue weighted by Gasteiger charge is 2.28. The third-order valence-electron chi connectivity index (χ3n) is 4.13. The van der Waals surface area contributed by atoms with Gasteiger partial charge in [-0.05, 0) is 41.5 Å². The normalized spacial score (nSPS) is 13.6. The van der Waals surface area contributed by atoms with Gasteiger partial charge < -0.3 is 38.8 Å². The predicted molar refractivity (Wildman–Crippen MR) is 119 cm³/mol. The monoisotopic (exact) mass is 496 g/mol. The topological polar surface area (TPSA) is 175 Å². The van der Waals surface area contributed by atoms with Crippen LogP contribution in [0.1, 0.15) is 86.4 Å². The summed E-state index contributed by atoms with van der Waals surface area (Å²) in [4.78, 5) is 44.6. The van der Waals surface area contributed by atoms with E-state index in [2.05, 4.69) is 25.3 Å². The van der Waals surface area contributed by atoms with E-state index >= 15 is 0 Å². The first-order valence-corrected chi connectivity index (χ1v) is 10.8. The highest BCUT2D eigenvalue weighted by molar-refractivity contribution is 5.92. The number of amides is 2. The van der Waals surface area contributed by atoms with Crippen LogP contribution in [-0.4, -0.2) is 64.6 Å². The maximum Gasteiger partial charge on any atom is 0.408 e. The van der Waals surface area contributed by atoms with Crippen LogP contribution in [-0.2, 0) is 14.2 Å². The van der Waals surface area contributed by atoms with Crippen LogP contribution in [0.25, 0.3) is 0 Å². The van der Waals surface area contributed by atoms with Gasteiger partial charge in [0, 0.05) is 0 Å². The molecule has 2 heterocycles. The molecule has 0 aliphatic heterocycles. The number of alkyl carbamates (subject to hydrolysis) is 1. The molecule has 0 saturated heterocycles. The Bertz CT molecular complexity index is 1020. The van der Waals surface area contributed by atoms with E-state index in [4.69, 9.17) is 18.3 Å². The minimum absolute atomic E-state index is 0.00377. The van der Waals surface area contributed by atoms with Crippen LogP contribution in [0.4, 0.5) is 4.79 Å². The molecule has 0 spiro atoms. The summed E-state index contributed by atoms with van der Waals surface area (Å²) in [6, 6.07) is -1.92. The Morgan fingerprint density at radius 1 is 0.943 bits per heavy atom. The van der Waals surface area contributed by atoms with E-state index in [0.717, 1.165) is 12.5 Å². The Morgan fingerprint density at radius 3 is 2.06 bits per heavy atom. The Hall–Kier alpha value is -3.45. The van der Waals surface area contributed by atoms with Crippen molar-refractivity contribution in [2.75, 3.05) is 20.3 Å². The number of rotatable bonds is 9. The Kier molecular flexibility index (Phi) is 8.99. The fourth-order valence-corrected chi connectivity index (χ4v) is 2.57. The first-order valence-electron chi connectivity index (χ1n) is 10.8. The molecule has 0 saturated carbocycles. The molecule has 0 fully saturated rings. The van der Waals surface area contributed by atoms with E-state index in [1.165, 1.54) is 7.11 Å². The molecule has 2 amide bonds. The lowest BCUT2D eigenvalue weighted by Gasteiger charge is -2.25. The van der Waals surface area contributed by atoms with Gasteiger partial charge in [-0.15, -0.1) is 0 Å². The van der Waals surface area contributed by atoms with Crippen molar-refractivity contribution in [2.24, 2.45) is 0 Å². The van der Waals surface area contributed by atoms with Gasteiger partial charge in [-0.1, -0.05) is 0 Å². The molecule has 194 valence electrons. The van der Waals surface area contributed by atoms with Gasteiger partial charge >= 0.3 is 12.1 Å². The highest BCUT2D eigenvalue weighted by atomic mass is 16.6. The molecule has 35 heavy (non-hydrogen) atoms. The maximum atomic E-state index is 12.7. The van der Waals surface area contributed by atoms with Crippen molar-refractivity contribution >= 4 is 18.0 Å². The molecule has 2 aromatic heterocycles.